The number of aliphatic hydroxyl groups excluding tert-OH is 2. The lowest BCUT2D eigenvalue weighted by molar-refractivity contribution is -0.132. The number of nitrogens with one attached hydrogen (secondary N) is 4. The predicted octanol–water partition coefficient (Wildman–Crippen LogP) is 2.67. The highest BCUT2D eigenvalue weighted by atomic mass is 32.2. The van der Waals surface area contributed by atoms with Gasteiger partial charge in [-0.3, -0.25) is 23.5 Å². The summed E-state index contributed by atoms with van der Waals surface area (Å²) in [7, 11) is -2.48. The maximum Gasteiger partial charge on any atom is 0.251 e. The zero-order chi connectivity index (χ0) is 38.4. The fourth-order valence-electron chi connectivity index (χ4n) is 6.13. The average molecular weight is 730 g/mol. The van der Waals surface area contributed by atoms with Crippen molar-refractivity contribution in [3.63, 3.8) is 0 Å². The van der Waals surface area contributed by atoms with Crippen LogP contribution in [0.4, 0.5) is 5.69 Å². The van der Waals surface area contributed by atoms with Crippen LogP contribution in [0.15, 0.2) is 42.5 Å². The van der Waals surface area contributed by atoms with Gasteiger partial charge < -0.3 is 31.5 Å². The van der Waals surface area contributed by atoms with E-state index in [0.717, 1.165) is 21.7 Å². The SMILES string of the molecule is CC(C)CC(NC(=O)c1cc(C(=O)NC2c3ccccc3CC2O)cc(N(C)S(C)(=O)=O)c1)C(O)CC(C)C(=O)NC(C(=O)NC(C)C)C(C)C. The van der Waals surface area contributed by atoms with Gasteiger partial charge in [-0.15, -0.1) is 0 Å². The molecule has 0 aliphatic heterocycles. The van der Waals surface area contributed by atoms with E-state index < -0.39 is 64.0 Å². The first-order valence-corrected chi connectivity index (χ1v) is 19.3. The quantitative estimate of drug-likeness (QED) is 0.152. The fourth-order valence-corrected chi connectivity index (χ4v) is 6.62. The van der Waals surface area contributed by atoms with Crippen LogP contribution >= 0.6 is 0 Å². The Bertz CT molecular complexity index is 1680. The van der Waals surface area contributed by atoms with Crippen LogP contribution in [0.1, 0.15) is 99.2 Å². The number of carbonyl (C=O) groups excluding carboxylic acids is 4. The van der Waals surface area contributed by atoms with Crippen molar-refractivity contribution in [3.05, 3.63) is 64.7 Å². The number of rotatable bonds is 16. The molecule has 0 aromatic heterocycles. The minimum atomic E-state index is -3.78. The van der Waals surface area contributed by atoms with Crippen molar-refractivity contribution >= 4 is 39.3 Å². The molecule has 0 radical (unpaired) electrons. The van der Waals surface area contributed by atoms with Crippen molar-refractivity contribution in [2.24, 2.45) is 17.8 Å². The molecule has 14 heteroatoms. The Hall–Kier alpha value is -4.01. The second kappa shape index (κ2) is 17.5. The molecule has 6 unspecified atom stereocenters. The molecule has 0 saturated carbocycles. The maximum absolute atomic E-state index is 13.8. The normalized spacial score (nSPS) is 18.1. The van der Waals surface area contributed by atoms with E-state index in [9.17, 15) is 37.8 Å². The van der Waals surface area contributed by atoms with Crippen molar-refractivity contribution < 1.29 is 37.8 Å². The highest BCUT2D eigenvalue weighted by Crippen LogP contribution is 2.32. The van der Waals surface area contributed by atoms with Gasteiger partial charge in [0, 0.05) is 36.6 Å². The summed E-state index contributed by atoms with van der Waals surface area (Å²) < 4.78 is 25.9. The largest absolute Gasteiger partial charge is 0.391 e. The molecule has 0 fully saturated rings. The molecule has 1 aliphatic carbocycles. The Kier molecular flexibility index (Phi) is 14.2. The molecule has 6 N–H and O–H groups in total. The van der Waals surface area contributed by atoms with Gasteiger partial charge in [-0.25, -0.2) is 8.42 Å². The lowest BCUT2D eigenvalue weighted by Gasteiger charge is -2.29. The molecule has 0 bridgehead atoms. The summed E-state index contributed by atoms with van der Waals surface area (Å²) in [5.41, 5.74) is 1.71. The van der Waals surface area contributed by atoms with E-state index in [1.54, 1.807) is 6.92 Å². The fraction of sp³-hybridized carbons (Fsp3) is 0.568. The number of hydrogen-bond donors (Lipinski definition) is 6. The summed E-state index contributed by atoms with van der Waals surface area (Å²) in [5, 5.41) is 33.4. The second-order valence-electron chi connectivity index (χ2n) is 14.7. The summed E-state index contributed by atoms with van der Waals surface area (Å²) in [6.07, 6.45) is -0.341. The lowest BCUT2D eigenvalue weighted by atomic mass is 9.91. The van der Waals surface area contributed by atoms with Crippen LogP contribution in [0.25, 0.3) is 0 Å². The zero-order valence-corrected chi connectivity index (χ0v) is 31.9. The smallest absolute Gasteiger partial charge is 0.251 e. The number of fused-ring (bicyclic) bond motifs is 1. The minimum Gasteiger partial charge on any atom is -0.391 e. The van der Waals surface area contributed by atoms with Crippen molar-refractivity contribution in [2.75, 3.05) is 17.6 Å². The van der Waals surface area contributed by atoms with Crippen LogP contribution < -0.4 is 25.6 Å². The van der Waals surface area contributed by atoms with Crippen molar-refractivity contribution in [3.8, 4) is 0 Å². The van der Waals surface area contributed by atoms with E-state index in [2.05, 4.69) is 21.3 Å². The first-order valence-electron chi connectivity index (χ1n) is 17.4. The number of sulfonamides is 1. The summed E-state index contributed by atoms with van der Waals surface area (Å²) >= 11 is 0. The number of anilines is 1. The third kappa shape index (κ3) is 11.2. The molecule has 0 heterocycles. The van der Waals surface area contributed by atoms with Gasteiger partial charge in [0.05, 0.1) is 36.2 Å². The number of nitrogens with zero attached hydrogens (tertiary/aromatic N) is 1. The molecule has 2 aromatic rings. The summed E-state index contributed by atoms with van der Waals surface area (Å²) in [5.74, 6) is -2.85. The third-order valence-electron chi connectivity index (χ3n) is 9.02. The van der Waals surface area contributed by atoms with E-state index in [0.29, 0.717) is 12.8 Å². The topological polar surface area (TPSA) is 194 Å². The molecule has 6 atom stereocenters. The monoisotopic (exact) mass is 729 g/mol. The Morgan fingerprint density at radius 3 is 2.04 bits per heavy atom. The standard InChI is InChI=1S/C37H55N5O8S/c1-20(2)14-29(30(43)15-23(7)34(45)40-32(21(3)4)37(48)38-22(5)6)39-35(46)25-16-26(18-27(17-25)42(8)51(9,49)50)36(47)41-33-28-13-11-10-12-24(28)19-31(33)44/h10-13,16-18,20-23,29-33,43-44H,14-15,19H2,1-9H3,(H,38,48)(H,39,46)(H,40,45)(H,41,47). The molecule has 2 aromatic carbocycles. The number of carbonyl (C=O) groups is 4. The molecule has 282 valence electrons. The van der Waals surface area contributed by atoms with E-state index >= 15 is 0 Å². The van der Waals surface area contributed by atoms with Crippen molar-refractivity contribution in [1.82, 2.24) is 21.3 Å². The van der Waals surface area contributed by atoms with Crippen LogP contribution in [0, 0.1) is 17.8 Å². The van der Waals surface area contributed by atoms with Gasteiger partial charge in [-0.2, -0.15) is 0 Å². The van der Waals surface area contributed by atoms with E-state index in [-0.39, 0.29) is 47.0 Å². The van der Waals surface area contributed by atoms with E-state index in [1.165, 1.54) is 25.2 Å². The number of hydrogen-bond acceptors (Lipinski definition) is 8. The van der Waals surface area contributed by atoms with Crippen molar-refractivity contribution in [2.45, 2.75) is 104 Å². The molecule has 13 nitrogen and oxygen atoms in total. The van der Waals surface area contributed by atoms with Gasteiger partial charge in [-0.1, -0.05) is 58.9 Å². The highest BCUT2D eigenvalue weighted by molar-refractivity contribution is 7.92. The molecule has 51 heavy (non-hydrogen) atoms. The van der Waals surface area contributed by atoms with Crippen LogP contribution in [-0.4, -0.2) is 85.9 Å². The maximum atomic E-state index is 13.8. The first kappa shape index (κ1) is 41.4. The Morgan fingerprint density at radius 2 is 1.47 bits per heavy atom. The number of benzene rings is 2. The summed E-state index contributed by atoms with van der Waals surface area (Å²) in [4.78, 5) is 53.3. The highest BCUT2D eigenvalue weighted by Gasteiger charge is 2.33. The van der Waals surface area contributed by atoms with Gasteiger partial charge in [0.25, 0.3) is 11.8 Å². The van der Waals surface area contributed by atoms with E-state index in [4.69, 9.17) is 0 Å². The number of aliphatic hydroxyl groups is 2. The van der Waals surface area contributed by atoms with Crippen LogP contribution in [0.3, 0.4) is 0 Å². The van der Waals surface area contributed by atoms with E-state index in [1.807, 2.05) is 65.8 Å². The van der Waals surface area contributed by atoms with Gasteiger partial charge in [-0.05, 0) is 67.9 Å². The summed E-state index contributed by atoms with van der Waals surface area (Å²) in [6, 6.07) is 9.00. The summed E-state index contributed by atoms with van der Waals surface area (Å²) in [6.45, 7) is 12.8. The third-order valence-corrected chi connectivity index (χ3v) is 10.2. The second-order valence-corrected chi connectivity index (χ2v) is 16.7. The van der Waals surface area contributed by atoms with Gasteiger partial charge >= 0.3 is 0 Å². The average Bonchev–Trinajstić information content (AvgIpc) is 3.35. The minimum absolute atomic E-state index is 0.00260. The lowest BCUT2D eigenvalue weighted by Crippen LogP contribution is -2.53. The molecular weight excluding hydrogens is 675 g/mol. The first-order chi connectivity index (χ1) is 23.7. The Labute approximate surface area is 302 Å². The molecule has 3 rings (SSSR count). The van der Waals surface area contributed by atoms with Gasteiger partial charge in [0.1, 0.15) is 6.04 Å². The van der Waals surface area contributed by atoms with Crippen LogP contribution in [0.2, 0.25) is 0 Å². The van der Waals surface area contributed by atoms with Crippen LogP contribution in [-0.2, 0) is 26.0 Å². The van der Waals surface area contributed by atoms with Gasteiger partial charge in [0.2, 0.25) is 21.8 Å². The zero-order valence-electron chi connectivity index (χ0n) is 31.1. The van der Waals surface area contributed by atoms with Gasteiger partial charge in [0.15, 0.2) is 0 Å². The predicted molar refractivity (Wildman–Crippen MR) is 197 cm³/mol. The molecule has 1 aliphatic rings. The molecular formula is C37H55N5O8S. The number of amides is 4. The Morgan fingerprint density at radius 1 is 0.863 bits per heavy atom. The molecule has 0 spiro atoms. The Balaban J connectivity index is 1.85. The molecule has 4 amide bonds. The van der Waals surface area contributed by atoms with Crippen LogP contribution in [0.5, 0.6) is 0 Å². The molecule has 0 saturated heterocycles. The van der Waals surface area contributed by atoms with Crippen molar-refractivity contribution in [1.29, 1.82) is 0 Å².